The van der Waals surface area contributed by atoms with Crippen LogP contribution in [0.4, 0.5) is 0 Å². The lowest BCUT2D eigenvalue weighted by molar-refractivity contribution is -0.0689. The Kier molecular flexibility index (Phi) is 3.24. The monoisotopic (exact) mass is 289 g/mol. The maximum atomic E-state index is 12.5. The number of nitrogens with one attached hydrogen (secondary N) is 1. The third-order valence-corrected chi connectivity index (χ3v) is 5.31. The van der Waals surface area contributed by atoms with E-state index >= 15 is 0 Å². The molecule has 4 unspecified atom stereocenters. The number of rotatable bonds is 2. The zero-order chi connectivity index (χ0) is 15.4. The fourth-order valence-corrected chi connectivity index (χ4v) is 3.15. The molecular formula is C17H23NO3. The average Bonchev–Trinajstić information content (AvgIpc) is 2.74. The highest BCUT2D eigenvalue weighted by Gasteiger charge is 2.48. The molecule has 1 heterocycles. The highest BCUT2D eigenvalue weighted by atomic mass is 16.5. The van der Waals surface area contributed by atoms with Crippen LogP contribution in [0.15, 0.2) is 18.2 Å². The summed E-state index contributed by atoms with van der Waals surface area (Å²) in [5.41, 5.74) is 1.43. The summed E-state index contributed by atoms with van der Waals surface area (Å²) in [7, 11) is 0. The Morgan fingerprint density at radius 3 is 2.71 bits per heavy atom. The summed E-state index contributed by atoms with van der Waals surface area (Å²) in [6.45, 7) is 8.09. The van der Waals surface area contributed by atoms with E-state index in [1.807, 2.05) is 32.9 Å². The van der Waals surface area contributed by atoms with Crippen molar-refractivity contribution in [3.63, 3.8) is 0 Å². The molecule has 1 saturated carbocycles. The summed E-state index contributed by atoms with van der Waals surface area (Å²) in [6, 6.07) is 5.75. The highest BCUT2D eigenvalue weighted by molar-refractivity contribution is 5.98. The normalized spacial score (nSPS) is 32.8. The first-order valence-corrected chi connectivity index (χ1v) is 7.61. The quantitative estimate of drug-likeness (QED) is 0.879. The molecule has 0 bridgehead atoms. The largest absolute Gasteiger partial charge is 0.489 e. The van der Waals surface area contributed by atoms with Gasteiger partial charge in [0.25, 0.3) is 5.91 Å². The van der Waals surface area contributed by atoms with Crippen molar-refractivity contribution in [3.8, 4) is 5.75 Å². The molecule has 21 heavy (non-hydrogen) atoms. The van der Waals surface area contributed by atoms with Gasteiger partial charge in [-0.15, -0.1) is 0 Å². The Balaban J connectivity index is 1.81. The van der Waals surface area contributed by atoms with Gasteiger partial charge in [0.2, 0.25) is 0 Å². The molecule has 1 aromatic rings. The van der Waals surface area contributed by atoms with Gasteiger partial charge in [-0.05, 0) is 19.4 Å². The molecule has 1 aliphatic heterocycles. The van der Waals surface area contributed by atoms with Gasteiger partial charge in [0.05, 0.1) is 11.7 Å². The topological polar surface area (TPSA) is 58.6 Å². The molecule has 0 aromatic heterocycles. The van der Waals surface area contributed by atoms with Crippen LogP contribution in [0.3, 0.4) is 0 Å². The van der Waals surface area contributed by atoms with Crippen LogP contribution >= 0.6 is 0 Å². The minimum Gasteiger partial charge on any atom is -0.489 e. The Morgan fingerprint density at radius 1 is 1.38 bits per heavy atom. The molecule has 2 N–H and O–H groups in total. The predicted octanol–water partition coefficient (Wildman–Crippen LogP) is 2.46. The molecule has 0 radical (unpaired) electrons. The number of aliphatic hydroxyl groups is 1. The van der Waals surface area contributed by atoms with Crippen molar-refractivity contribution in [1.29, 1.82) is 0 Å². The fourth-order valence-electron chi connectivity index (χ4n) is 3.15. The van der Waals surface area contributed by atoms with E-state index in [0.717, 1.165) is 5.56 Å². The molecule has 0 spiro atoms. The van der Waals surface area contributed by atoms with Crippen molar-refractivity contribution >= 4 is 5.91 Å². The minimum atomic E-state index is -0.347. The van der Waals surface area contributed by atoms with Gasteiger partial charge in [0, 0.05) is 22.9 Å². The summed E-state index contributed by atoms with van der Waals surface area (Å²) in [5.74, 6) is 0.903. The number of para-hydroxylation sites is 1. The SMILES string of the molecule is CC1Oc2c(C(=O)NC3CC(O)C3(C)C)cccc2C1C. The first kappa shape index (κ1) is 14.4. The Hall–Kier alpha value is -1.55. The van der Waals surface area contributed by atoms with E-state index in [4.69, 9.17) is 4.74 Å². The van der Waals surface area contributed by atoms with Crippen LogP contribution in [-0.4, -0.2) is 29.3 Å². The van der Waals surface area contributed by atoms with E-state index in [1.54, 1.807) is 6.07 Å². The fraction of sp³-hybridized carbons (Fsp3) is 0.588. The molecule has 4 heteroatoms. The molecule has 4 nitrogen and oxygen atoms in total. The lowest BCUT2D eigenvalue weighted by atomic mass is 9.64. The molecule has 1 aliphatic carbocycles. The number of carbonyl (C=O) groups is 1. The van der Waals surface area contributed by atoms with Gasteiger partial charge in [-0.25, -0.2) is 0 Å². The van der Waals surface area contributed by atoms with Crippen molar-refractivity contribution in [2.24, 2.45) is 5.41 Å². The summed E-state index contributed by atoms with van der Waals surface area (Å²) in [6.07, 6.45) is 0.359. The van der Waals surface area contributed by atoms with Crippen molar-refractivity contribution in [1.82, 2.24) is 5.32 Å². The number of hydrogen-bond acceptors (Lipinski definition) is 3. The number of ether oxygens (including phenoxy) is 1. The van der Waals surface area contributed by atoms with Gasteiger partial charge in [0.1, 0.15) is 11.9 Å². The van der Waals surface area contributed by atoms with Gasteiger partial charge in [0.15, 0.2) is 0 Å². The second kappa shape index (κ2) is 4.73. The van der Waals surface area contributed by atoms with Crippen molar-refractivity contribution in [2.45, 2.75) is 58.3 Å². The maximum Gasteiger partial charge on any atom is 0.255 e. The summed E-state index contributed by atoms with van der Waals surface area (Å²) >= 11 is 0. The standard InChI is InChI=1S/C17H23NO3/c1-9-10(2)21-15-11(9)6-5-7-12(15)16(20)18-13-8-14(19)17(13,3)4/h5-7,9-10,13-14,19H,8H2,1-4H3,(H,18,20). The minimum absolute atomic E-state index is 0.00658. The number of carbonyl (C=O) groups excluding carboxylic acids is 1. The molecule has 3 rings (SSSR count). The maximum absolute atomic E-state index is 12.5. The number of hydrogen-bond donors (Lipinski definition) is 2. The van der Waals surface area contributed by atoms with E-state index in [1.165, 1.54) is 0 Å². The second-order valence-corrected chi connectivity index (χ2v) is 6.93. The van der Waals surface area contributed by atoms with E-state index in [0.29, 0.717) is 23.7 Å². The van der Waals surface area contributed by atoms with Gasteiger partial charge in [-0.2, -0.15) is 0 Å². The number of benzene rings is 1. The van der Waals surface area contributed by atoms with E-state index in [-0.39, 0.29) is 29.6 Å². The number of fused-ring (bicyclic) bond motifs is 1. The first-order chi connectivity index (χ1) is 9.82. The molecule has 1 aromatic carbocycles. The number of amides is 1. The second-order valence-electron chi connectivity index (χ2n) is 6.93. The van der Waals surface area contributed by atoms with Gasteiger partial charge < -0.3 is 15.2 Å². The molecular weight excluding hydrogens is 266 g/mol. The lowest BCUT2D eigenvalue weighted by Gasteiger charge is -2.49. The molecule has 1 fully saturated rings. The van der Waals surface area contributed by atoms with Gasteiger partial charge >= 0.3 is 0 Å². The van der Waals surface area contributed by atoms with Crippen molar-refractivity contribution in [2.75, 3.05) is 0 Å². The van der Waals surface area contributed by atoms with Gasteiger partial charge in [-0.1, -0.05) is 32.9 Å². The zero-order valence-electron chi connectivity index (χ0n) is 13.0. The van der Waals surface area contributed by atoms with Crippen LogP contribution in [0.2, 0.25) is 0 Å². The Bertz CT molecular complexity index is 581. The van der Waals surface area contributed by atoms with Crippen LogP contribution in [0.25, 0.3) is 0 Å². The van der Waals surface area contributed by atoms with Crippen molar-refractivity contribution in [3.05, 3.63) is 29.3 Å². The van der Waals surface area contributed by atoms with Crippen LogP contribution < -0.4 is 10.1 Å². The highest BCUT2D eigenvalue weighted by Crippen LogP contribution is 2.42. The molecule has 0 saturated heterocycles. The van der Waals surface area contributed by atoms with E-state index in [2.05, 4.69) is 12.2 Å². The first-order valence-electron chi connectivity index (χ1n) is 7.61. The molecule has 114 valence electrons. The summed E-state index contributed by atoms with van der Waals surface area (Å²) in [5, 5.41) is 12.8. The van der Waals surface area contributed by atoms with Gasteiger partial charge in [-0.3, -0.25) is 4.79 Å². The summed E-state index contributed by atoms with van der Waals surface area (Å²) in [4.78, 5) is 12.5. The third-order valence-electron chi connectivity index (χ3n) is 5.31. The molecule has 2 aliphatic rings. The summed E-state index contributed by atoms with van der Waals surface area (Å²) < 4.78 is 5.87. The van der Waals surface area contributed by atoms with Crippen LogP contribution in [-0.2, 0) is 0 Å². The predicted molar refractivity (Wildman–Crippen MR) is 80.6 cm³/mol. The number of aliphatic hydroxyl groups excluding tert-OH is 1. The Labute approximate surface area is 125 Å². The smallest absolute Gasteiger partial charge is 0.255 e. The van der Waals surface area contributed by atoms with Crippen molar-refractivity contribution < 1.29 is 14.6 Å². The third kappa shape index (κ3) is 2.13. The molecule has 1 amide bonds. The molecule has 4 atom stereocenters. The van der Waals surface area contributed by atoms with E-state index in [9.17, 15) is 9.90 Å². The van der Waals surface area contributed by atoms with Crippen LogP contribution in [0, 0.1) is 5.41 Å². The average molecular weight is 289 g/mol. The lowest BCUT2D eigenvalue weighted by Crippen LogP contribution is -2.61. The van der Waals surface area contributed by atoms with Crippen LogP contribution in [0.1, 0.15) is 56.0 Å². The zero-order valence-corrected chi connectivity index (χ0v) is 13.0. The van der Waals surface area contributed by atoms with Crippen LogP contribution in [0.5, 0.6) is 5.75 Å². The van der Waals surface area contributed by atoms with E-state index < -0.39 is 0 Å². The Morgan fingerprint density at radius 2 is 2.10 bits per heavy atom.